The van der Waals surface area contributed by atoms with E-state index in [1.165, 1.54) is 6.20 Å². The predicted molar refractivity (Wildman–Crippen MR) is 80.5 cm³/mol. The quantitative estimate of drug-likeness (QED) is 0.741. The van der Waals surface area contributed by atoms with E-state index in [4.69, 9.17) is 0 Å². The number of aromatic nitrogens is 1. The van der Waals surface area contributed by atoms with Gasteiger partial charge >= 0.3 is 0 Å². The Morgan fingerprint density at radius 3 is 2.38 bits per heavy atom. The Morgan fingerprint density at radius 2 is 1.71 bits per heavy atom. The van der Waals surface area contributed by atoms with Crippen molar-refractivity contribution in [1.82, 2.24) is 3.97 Å². The van der Waals surface area contributed by atoms with Crippen LogP contribution in [0.1, 0.15) is 11.1 Å². The largest absolute Gasteiger partial charge is 0.268 e. The van der Waals surface area contributed by atoms with Crippen LogP contribution in [0.2, 0.25) is 0 Å². The number of fused-ring (bicyclic) bond motifs is 1. The molecular formula is C16H14FNO2S. The average Bonchev–Trinajstić information content (AvgIpc) is 2.87. The number of rotatable bonds is 3. The van der Waals surface area contributed by atoms with Gasteiger partial charge in [0.05, 0.1) is 10.4 Å². The first-order valence-electron chi connectivity index (χ1n) is 6.51. The van der Waals surface area contributed by atoms with Crippen molar-refractivity contribution in [2.24, 2.45) is 0 Å². The molecule has 0 N–H and O–H groups in total. The molecule has 0 saturated carbocycles. The minimum absolute atomic E-state index is 0.194. The zero-order valence-electron chi connectivity index (χ0n) is 11.5. The van der Waals surface area contributed by atoms with Gasteiger partial charge in [0.1, 0.15) is 6.67 Å². The Morgan fingerprint density at radius 1 is 1.05 bits per heavy atom. The number of hydrogen-bond donors (Lipinski definition) is 0. The van der Waals surface area contributed by atoms with E-state index in [0.29, 0.717) is 16.5 Å². The molecule has 3 aromatic rings. The summed E-state index contributed by atoms with van der Waals surface area (Å²) in [6.07, 6.45) is 1.36. The van der Waals surface area contributed by atoms with E-state index in [-0.39, 0.29) is 4.90 Å². The fraction of sp³-hybridized carbons (Fsp3) is 0.125. The maximum Gasteiger partial charge on any atom is 0.268 e. The van der Waals surface area contributed by atoms with Crippen LogP contribution in [0.25, 0.3) is 10.9 Å². The molecule has 0 bridgehead atoms. The van der Waals surface area contributed by atoms with Gasteiger partial charge in [-0.15, -0.1) is 0 Å². The summed E-state index contributed by atoms with van der Waals surface area (Å²) in [7, 11) is -3.72. The van der Waals surface area contributed by atoms with E-state index in [9.17, 15) is 12.8 Å². The van der Waals surface area contributed by atoms with E-state index in [0.717, 1.165) is 9.54 Å². The number of hydrogen-bond acceptors (Lipinski definition) is 2. The van der Waals surface area contributed by atoms with E-state index >= 15 is 0 Å². The molecule has 108 valence electrons. The zero-order valence-corrected chi connectivity index (χ0v) is 12.3. The smallest absolute Gasteiger partial charge is 0.246 e. The first-order valence-corrected chi connectivity index (χ1v) is 7.95. The van der Waals surface area contributed by atoms with E-state index < -0.39 is 16.7 Å². The SMILES string of the molecule is Cc1ccc(S(=O)(=O)n2cc(CF)c3ccccc32)cc1. The molecule has 0 radical (unpaired) electrons. The zero-order chi connectivity index (χ0) is 15.0. The molecule has 0 unspecified atom stereocenters. The Bertz CT molecular complexity index is 896. The summed E-state index contributed by atoms with van der Waals surface area (Å²) in [6.45, 7) is 1.19. The van der Waals surface area contributed by atoms with Crippen molar-refractivity contribution in [3.8, 4) is 0 Å². The average molecular weight is 303 g/mol. The van der Waals surface area contributed by atoms with Crippen molar-refractivity contribution in [2.75, 3.05) is 0 Å². The van der Waals surface area contributed by atoms with Crippen molar-refractivity contribution in [1.29, 1.82) is 0 Å². The molecule has 0 aliphatic rings. The highest BCUT2D eigenvalue weighted by Crippen LogP contribution is 2.26. The monoisotopic (exact) mass is 303 g/mol. The maximum atomic E-state index is 13.1. The first-order chi connectivity index (χ1) is 10.0. The van der Waals surface area contributed by atoms with E-state index in [2.05, 4.69) is 0 Å². The Balaban J connectivity index is 2.26. The van der Waals surface area contributed by atoms with Gasteiger partial charge in [-0.2, -0.15) is 0 Å². The standard InChI is InChI=1S/C16H14FNO2S/c1-12-6-8-14(9-7-12)21(19,20)18-11-13(10-17)15-4-2-3-5-16(15)18/h2-9,11H,10H2,1H3. The van der Waals surface area contributed by atoms with Crippen molar-refractivity contribution in [3.63, 3.8) is 0 Å². The number of nitrogens with zero attached hydrogens (tertiary/aromatic N) is 1. The second kappa shape index (κ2) is 5.00. The fourth-order valence-electron chi connectivity index (χ4n) is 2.35. The first kappa shape index (κ1) is 13.8. The molecule has 0 saturated heterocycles. The molecule has 0 amide bonds. The summed E-state index contributed by atoms with van der Waals surface area (Å²) in [4.78, 5) is 0.194. The summed E-state index contributed by atoms with van der Waals surface area (Å²) in [5, 5.41) is 0.621. The highest BCUT2D eigenvalue weighted by atomic mass is 32.2. The van der Waals surface area contributed by atoms with Gasteiger partial charge in [0.25, 0.3) is 10.0 Å². The van der Waals surface area contributed by atoms with E-state index in [1.54, 1.807) is 48.5 Å². The summed E-state index contributed by atoms with van der Waals surface area (Å²) >= 11 is 0. The molecule has 5 heteroatoms. The van der Waals surface area contributed by atoms with Gasteiger partial charge in [-0.1, -0.05) is 35.9 Å². The lowest BCUT2D eigenvalue weighted by Gasteiger charge is -2.07. The summed E-state index contributed by atoms with van der Waals surface area (Å²) < 4.78 is 39.7. The van der Waals surface area contributed by atoms with Crippen LogP contribution in [-0.2, 0) is 16.7 Å². The molecule has 3 rings (SSSR count). The van der Waals surface area contributed by atoms with E-state index in [1.807, 2.05) is 6.92 Å². The number of para-hydroxylation sites is 1. The molecule has 0 spiro atoms. The number of benzene rings is 2. The van der Waals surface area contributed by atoms with Crippen LogP contribution in [-0.4, -0.2) is 12.4 Å². The predicted octanol–water partition coefficient (Wildman–Crippen LogP) is 3.66. The van der Waals surface area contributed by atoms with Crippen molar-refractivity contribution in [3.05, 3.63) is 65.9 Å². The summed E-state index contributed by atoms with van der Waals surface area (Å²) in [5.41, 5.74) is 1.85. The molecule has 3 nitrogen and oxygen atoms in total. The number of alkyl halides is 1. The van der Waals surface area contributed by atoms with Crippen LogP contribution < -0.4 is 0 Å². The van der Waals surface area contributed by atoms with Crippen LogP contribution in [0.4, 0.5) is 4.39 Å². The minimum Gasteiger partial charge on any atom is -0.246 e. The molecule has 0 aliphatic heterocycles. The normalized spacial score (nSPS) is 11.9. The van der Waals surface area contributed by atoms with Crippen LogP contribution in [0, 0.1) is 6.92 Å². The highest BCUT2D eigenvalue weighted by molar-refractivity contribution is 7.90. The van der Waals surface area contributed by atoms with Crippen molar-refractivity contribution >= 4 is 20.9 Å². The molecule has 1 aromatic heterocycles. The highest BCUT2D eigenvalue weighted by Gasteiger charge is 2.20. The van der Waals surface area contributed by atoms with Crippen LogP contribution >= 0.6 is 0 Å². The van der Waals surface area contributed by atoms with Gasteiger partial charge in [0.2, 0.25) is 0 Å². The molecule has 0 atom stereocenters. The Hall–Kier alpha value is -2.14. The molecule has 0 fully saturated rings. The topological polar surface area (TPSA) is 39.1 Å². The van der Waals surface area contributed by atoms with Gasteiger partial charge in [0.15, 0.2) is 0 Å². The lowest BCUT2D eigenvalue weighted by molar-refractivity contribution is 0.487. The Labute approximate surface area is 122 Å². The van der Waals surface area contributed by atoms with Gasteiger partial charge in [0, 0.05) is 17.1 Å². The van der Waals surface area contributed by atoms with Gasteiger partial charge in [-0.05, 0) is 25.1 Å². The third-order valence-electron chi connectivity index (χ3n) is 3.48. The lowest BCUT2D eigenvalue weighted by Crippen LogP contribution is -2.11. The maximum absolute atomic E-state index is 13.1. The number of halogens is 1. The summed E-state index contributed by atoms with van der Waals surface area (Å²) in [6, 6.07) is 13.5. The van der Waals surface area contributed by atoms with Crippen LogP contribution in [0.3, 0.4) is 0 Å². The molecule has 21 heavy (non-hydrogen) atoms. The van der Waals surface area contributed by atoms with Crippen LogP contribution in [0.5, 0.6) is 0 Å². The number of aryl methyl sites for hydroxylation is 1. The third-order valence-corrected chi connectivity index (χ3v) is 5.17. The van der Waals surface area contributed by atoms with Gasteiger partial charge in [-0.3, -0.25) is 0 Å². The fourth-order valence-corrected chi connectivity index (χ4v) is 3.74. The molecular weight excluding hydrogens is 289 g/mol. The van der Waals surface area contributed by atoms with Gasteiger partial charge < -0.3 is 0 Å². The second-order valence-electron chi connectivity index (χ2n) is 4.92. The van der Waals surface area contributed by atoms with Crippen LogP contribution in [0.15, 0.2) is 59.6 Å². The summed E-state index contributed by atoms with van der Waals surface area (Å²) in [5.74, 6) is 0. The van der Waals surface area contributed by atoms with Crippen molar-refractivity contribution in [2.45, 2.75) is 18.5 Å². The van der Waals surface area contributed by atoms with Crippen molar-refractivity contribution < 1.29 is 12.8 Å². The third kappa shape index (κ3) is 2.23. The van der Waals surface area contributed by atoms with Gasteiger partial charge in [-0.25, -0.2) is 16.8 Å². The second-order valence-corrected chi connectivity index (χ2v) is 6.73. The lowest BCUT2D eigenvalue weighted by atomic mass is 10.2. The molecule has 1 heterocycles. The molecule has 0 aliphatic carbocycles. The molecule has 2 aromatic carbocycles. The minimum atomic E-state index is -3.72. The Kier molecular flexibility index (Phi) is 3.29.